The third-order valence-electron chi connectivity index (χ3n) is 1.78. The first-order chi connectivity index (χ1) is 6.77. The van der Waals surface area contributed by atoms with Crippen molar-refractivity contribution >= 4 is 10.8 Å². The van der Waals surface area contributed by atoms with Crippen molar-refractivity contribution in [3.8, 4) is 0 Å². The minimum atomic E-state index is -0.257. The van der Waals surface area contributed by atoms with Gasteiger partial charge in [-0.05, 0) is 13.0 Å². The summed E-state index contributed by atoms with van der Waals surface area (Å²) in [5.74, 6) is 0. The summed E-state index contributed by atoms with van der Waals surface area (Å²) in [7, 11) is 0. The van der Waals surface area contributed by atoms with Crippen molar-refractivity contribution in [2.75, 3.05) is 0 Å². The van der Waals surface area contributed by atoms with E-state index >= 15 is 0 Å². The Kier molecular flexibility index (Phi) is 7.52. The van der Waals surface area contributed by atoms with Crippen molar-refractivity contribution in [3.63, 3.8) is 0 Å². The second-order valence-corrected chi connectivity index (χ2v) is 2.74. The van der Waals surface area contributed by atoms with Gasteiger partial charge < -0.3 is 15.0 Å². The predicted octanol–water partition coefficient (Wildman–Crippen LogP) is -1.11. The molecule has 1 heterocycles. The number of aryl methyl sites for hydroxylation is 1. The molecular formula is C11H13N2ORb. The number of nitrogens with zero attached hydrogens (tertiary/aromatic N) is 2. The molecule has 0 saturated heterocycles. The van der Waals surface area contributed by atoms with Gasteiger partial charge in [0.2, 0.25) is 0 Å². The van der Waals surface area contributed by atoms with Gasteiger partial charge in [0.25, 0.3) is 0 Å². The predicted molar refractivity (Wildman–Crippen MR) is 57.4 cm³/mol. The zero-order valence-corrected chi connectivity index (χ0v) is 14.5. The molecule has 0 fully saturated rings. The van der Waals surface area contributed by atoms with Crippen LogP contribution in [0, 0.1) is 6.92 Å². The van der Waals surface area contributed by atoms with E-state index in [1.54, 1.807) is 12.3 Å². The van der Waals surface area contributed by atoms with Gasteiger partial charge in [-0.1, -0.05) is 31.5 Å². The molecule has 3 nitrogen and oxygen atoms in total. The molecule has 1 aromatic carbocycles. The Morgan fingerprint density at radius 3 is 2.60 bits per heavy atom. The maximum absolute atomic E-state index is 11.1. The van der Waals surface area contributed by atoms with Crippen molar-refractivity contribution < 1.29 is 58.2 Å². The molecule has 0 radical (unpaired) electrons. The van der Waals surface area contributed by atoms with Crippen LogP contribution in [0.25, 0.3) is 10.8 Å². The summed E-state index contributed by atoms with van der Waals surface area (Å²) in [5, 5.41) is 8.51. The fraction of sp³-hybridized carbons (Fsp3) is 0.273. The number of fused-ring (bicyclic) bond motifs is 1. The number of hydrogen-bond acceptors (Lipinski definition) is 2. The summed E-state index contributed by atoms with van der Waals surface area (Å²) in [6, 6.07) is 5.60. The first-order valence-electron chi connectivity index (χ1n) is 4.66. The van der Waals surface area contributed by atoms with E-state index in [1.165, 1.54) is 0 Å². The van der Waals surface area contributed by atoms with Crippen LogP contribution in [0.2, 0.25) is 0 Å². The normalized spacial score (nSPS) is 8.73. The SMILES string of the molecule is CC.Cc1ccc2c(=O)[n-]ncc2c1.[Rb+]. The molecule has 1 aromatic heterocycles. The molecule has 0 bridgehead atoms. The van der Waals surface area contributed by atoms with E-state index in [9.17, 15) is 4.79 Å². The Balaban J connectivity index is 0.000000617. The molecule has 15 heavy (non-hydrogen) atoms. The summed E-state index contributed by atoms with van der Waals surface area (Å²) >= 11 is 0. The minimum absolute atomic E-state index is 0. The Morgan fingerprint density at radius 1 is 1.27 bits per heavy atom. The van der Waals surface area contributed by atoms with Crippen molar-refractivity contribution in [1.82, 2.24) is 10.2 Å². The summed E-state index contributed by atoms with van der Waals surface area (Å²) in [6.45, 7) is 5.98. The van der Waals surface area contributed by atoms with E-state index in [4.69, 9.17) is 0 Å². The standard InChI is InChI=1S/C9H8N2O.C2H6.Rb/c1-6-2-3-8-7(4-6)5-10-11-9(8)12;1-2;/h2-5H,1H3,(H,11,12);1-2H3;/q;;+1/p-1. The van der Waals surface area contributed by atoms with Gasteiger partial charge in [0, 0.05) is 17.0 Å². The molecule has 4 heteroatoms. The van der Waals surface area contributed by atoms with Gasteiger partial charge in [-0.25, -0.2) is 0 Å². The monoisotopic (exact) mass is 274 g/mol. The van der Waals surface area contributed by atoms with Crippen LogP contribution >= 0.6 is 0 Å². The molecule has 0 aliphatic heterocycles. The Bertz CT molecular complexity index is 479. The molecule has 0 aliphatic rings. The molecule has 0 aliphatic carbocycles. The molecule has 74 valence electrons. The van der Waals surface area contributed by atoms with Crippen LogP contribution < -0.4 is 68.8 Å². The van der Waals surface area contributed by atoms with Gasteiger partial charge in [-0.15, -0.1) is 0 Å². The number of hydrogen-bond donors (Lipinski definition) is 0. The third-order valence-corrected chi connectivity index (χ3v) is 1.78. The van der Waals surface area contributed by atoms with Crippen molar-refractivity contribution in [1.29, 1.82) is 0 Å². The van der Waals surface area contributed by atoms with Gasteiger partial charge in [-0.2, -0.15) is 0 Å². The van der Waals surface area contributed by atoms with E-state index in [0.717, 1.165) is 10.9 Å². The average molecular weight is 275 g/mol. The van der Waals surface area contributed by atoms with Crippen LogP contribution in [0.3, 0.4) is 0 Å². The zero-order valence-electron chi connectivity index (χ0n) is 9.61. The van der Waals surface area contributed by atoms with Crippen LogP contribution in [0.4, 0.5) is 0 Å². The molecular weight excluding hydrogens is 262 g/mol. The van der Waals surface area contributed by atoms with Crippen molar-refractivity contribution in [2.24, 2.45) is 0 Å². The number of benzene rings is 1. The smallest absolute Gasteiger partial charge is 0.540 e. The first kappa shape index (κ1) is 15.2. The summed E-state index contributed by atoms with van der Waals surface area (Å²) in [6.07, 6.45) is 1.60. The van der Waals surface area contributed by atoms with Crippen LogP contribution in [0.15, 0.2) is 29.2 Å². The Labute approximate surface area is 138 Å². The molecule has 0 atom stereocenters. The van der Waals surface area contributed by atoms with Gasteiger partial charge in [0.15, 0.2) is 0 Å². The van der Waals surface area contributed by atoms with Gasteiger partial charge >= 0.3 is 58.2 Å². The second kappa shape index (κ2) is 7.44. The van der Waals surface area contributed by atoms with Gasteiger partial charge in [0.1, 0.15) is 0 Å². The topological polar surface area (TPSA) is 44.1 Å². The van der Waals surface area contributed by atoms with E-state index in [1.807, 2.05) is 32.9 Å². The minimum Gasteiger partial charge on any atom is -0.540 e. The molecule has 0 spiro atoms. The van der Waals surface area contributed by atoms with E-state index < -0.39 is 0 Å². The van der Waals surface area contributed by atoms with Gasteiger partial charge in [0.05, 0.1) is 5.56 Å². The van der Waals surface area contributed by atoms with Crippen LogP contribution in [0.1, 0.15) is 19.4 Å². The average Bonchev–Trinajstić information content (AvgIpc) is 2.21. The summed E-state index contributed by atoms with van der Waals surface area (Å²) < 4.78 is 0. The van der Waals surface area contributed by atoms with Crippen LogP contribution in [-0.2, 0) is 0 Å². The summed E-state index contributed by atoms with van der Waals surface area (Å²) in [4.78, 5) is 11.1. The third kappa shape index (κ3) is 3.91. The second-order valence-electron chi connectivity index (χ2n) is 2.74. The number of aromatic nitrogens is 2. The maximum atomic E-state index is 11.1. The Hall–Kier alpha value is 0.165. The van der Waals surface area contributed by atoms with Crippen molar-refractivity contribution in [3.05, 3.63) is 40.3 Å². The van der Waals surface area contributed by atoms with E-state index in [2.05, 4.69) is 10.2 Å². The number of rotatable bonds is 0. The molecule has 0 saturated carbocycles. The molecule has 0 amide bonds. The first-order valence-corrected chi connectivity index (χ1v) is 4.66. The van der Waals surface area contributed by atoms with Crippen molar-refractivity contribution in [2.45, 2.75) is 20.8 Å². The largest absolute Gasteiger partial charge is 1.00 e. The molecule has 2 aromatic rings. The van der Waals surface area contributed by atoms with E-state index in [0.29, 0.717) is 5.39 Å². The van der Waals surface area contributed by atoms with Crippen LogP contribution in [-0.4, -0.2) is 5.10 Å². The quantitative estimate of drug-likeness (QED) is 0.612. The fourth-order valence-electron chi connectivity index (χ4n) is 1.18. The maximum Gasteiger partial charge on any atom is 1.00 e. The van der Waals surface area contributed by atoms with E-state index in [-0.39, 0.29) is 63.7 Å². The van der Waals surface area contributed by atoms with Crippen LogP contribution in [0.5, 0.6) is 0 Å². The Morgan fingerprint density at radius 2 is 1.93 bits per heavy atom. The molecule has 2 rings (SSSR count). The van der Waals surface area contributed by atoms with Gasteiger partial charge in [-0.3, -0.25) is 0 Å². The zero-order chi connectivity index (χ0) is 10.6. The molecule has 0 unspecified atom stereocenters. The summed E-state index contributed by atoms with van der Waals surface area (Å²) in [5.41, 5.74) is 0.863. The fourth-order valence-corrected chi connectivity index (χ4v) is 1.18. The molecule has 0 N–H and O–H groups in total.